The van der Waals surface area contributed by atoms with E-state index >= 15 is 0 Å². The van der Waals surface area contributed by atoms with E-state index in [0.29, 0.717) is 17.7 Å². The van der Waals surface area contributed by atoms with Gasteiger partial charge in [0.2, 0.25) is 11.8 Å². The summed E-state index contributed by atoms with van der Waals surface area (Å²) in [5.74, 6) is 1.28. The van der Waals surface area contributed by atoms with Gasteiger partial charge in [-0.25, -0.2) is 4.98 Å². The topological polar surface area (TPSA) is 80.8 Å². The average molecular weight is 405 g/mol. The minimum atomic E-state index is 0.0288. The molecule has 2 N–H and O–H groups in total. The third-order valence-electron chi connectivity index (χ3n) is 5.71. The van der Waals surface area contributed by atoms with Crippen molar-refractivity contribution in [2.24, 2.45) is 10.7 Å². The van der Waals surface area contributed by atoms with Crippen molar-refractivity contribution in [1.82, 2.24) is 4.98 Å². The van der Waals surface area contributed by atoms with Gasteiger partial charge in [-0.3, -0.25) is 9.79 Å². The predicted octanol–water partition coefficient (Wildman–Crippen LogP) is 4.40. The standard InChI is InChI=1S/C24H28N4O2/c1-15-5-4-12-26-24(15)30-23-20(18(13-25)14-27-19-7-8-19)10-11-22-21(23)9-6-16(2)28(22)17(3)29/h4-5,10-14,16,19H,6-9,25H2,1-3H3/t16-/m0/s1. The number of anilines is 1. The summed E-state index contributed by atoms with van der Waals surface area (Å²) in [5, 5.41) is 0. The number of ether oxygens (including phenoxy) is 1. The Kier molecular flexibility index (Phi) is 5.57. The van der Waals surface area contributed by atoms with Gasteiger partial charge < -0.3 is 15.4 Å². The Balaban J connectivity index is 1.85. The van der Waals surface area contributed by atoms with Crippen LogP contribution in [-0.4, -0.2) is 29.2 Å². The number of carbonyl (C=O) groups excluding carboxylic acids is 1. The molecule has 6 heteroatoms. The second-order valence-electron chi connectivity index (χ2n) is 8.08. The fourth-order valence-corrected chi connectivity index (χ4v) is 3.91. The van der Waals surface area contributed by atoms with Gasteiger partial charge in [-0.1, -0.05) is 6.07 Å². The molecule has 1 atom stereocenters. The molecule has 0 unspecified atom stereocenters. The van der Waals surface area contributed by atoms with Crippen molar-refractivity contribution >= 4 is 23.4 Å². The molecule has 4 rings (SSSR count). The minimum absolute atomic E-state index is 0.0288. The third kappa shape index (κ3) is 3.95. The number of benzene rings is 1. The van der Waals surface area contributed by atoms with Crippen molar-refractivity contribution in [3.63, 3.8) is 0 Å². The lowest BCUT2D eigenvalue weighted by molar-refractivity contribution is -0.117. The van der Waals surface area contributed by atoms with Crippen molar-refractivity contribution < 1.29 is 9.53 Å². The zero-order valence-corrected chi connectivity index (χ0v) is 17.8. The zero-order valence-electron chi connectivity index (χ0n) is 17.8. The number of aromatic nitrogens is 1. The molecule has 0 bridgehead atoms. The maximum atomic E-state index is 12.4. The largest absolute Gasteiger partial charge is 0.438 e. The molecule has 0 radical (unpaired) electrons. The normalized spacial score (nSPS) is 19.1. The summed E-state index contributed by atoms with van der Waals surface area (Å²) in [6, 6.07) is 8.36. The summed E-state index contributed by atoms with van der Waals surface area (Å²) in [6.45, 7) is 5.65. The van der Waals surface area contributed by atoms with E-state index in [0.717, 1.165) is 53.6 Å². The molecule has 6 nitrogen and oxygen atoms in total. The van der Waals surface area contributed by atoms with Gasteiger partial charge in [-0.15, -0.1) is 0 Å². The van der Waals surface area contributed by atoms with Crippen LogP contribution in [-0.2, 0) is 11.2 Å². The van der Waals surface area contributed by atoms with E-state index < -0.39 is 0 Å². The highest BCUT2D eigenvalue weighted by atomic mass is 16.5. The molecular weight excluding hydrogens is 376 g/mol. The summed E-state index contributed by atoms with van der Waals surface area (Å²) in [7, 11) is 0. The summed E-state index contributed by atoms with van der Waals surface area (Å²) in [4.78, 5) is 23.2. The van der Waals surface area contributed by atoms with E-state index in [-0.39, 0.29) is 11.9 Å². The number of amides is 1. The molecule has 156 valence electrons. The van der Waals surface area contributed by atoms with E-state index in [2.05, 4.69) is 16.9 Å². The molecule has 1 aromatic heterocycles. The van der Waals surface area contributed by atoms with Gasteiger partial charge in [0.25, 0.3) is 0 Å². The average Bonchev–Trinajstić information content (AvgIpc) is 3.55. The van der Waals surface area contributed by atoms with Crippen LogP contribution in [0.2, 0.25) is 0 Å². The number of aliphatic imine (C=N–C) groups is 1. The SMILES string of the molecule is CC(=O)N1c2ccc(C(C=NC3CC3)=CN)c(Oc3ncccc3C)c2CC[C@@H]1C. The van der Waals surface area contributed by atoms with Gasteiger partial charge in [0.05, 0.1) is 11.7 Å². The predicted molar refractivity (Wildman–Crippen MR) is 120 cm³/mol. The van der Waals surface area contributed by atoms with Crippen molar-refractivity contribution in [1.29, 1.82) is 0 Å². The number of nitrogens with two attached hydrogens (primary N) is 1. The first-order chi connectivity index (χ1) is 14.5. The number of hydrogen-bond acceptors (Lipinski definition) is 5. The van der Waals surface area contributed by atoms with Gasteiger partial charge >= 0.3 is 0 Å². The molecule has 0 spiro atoms. The Bertz CT molecular complexity index is 1020. The first-order valence-electron chi connectivity index (χ1n) is 10.5. The number of allylic oxidation sites excluding steroid dienone is 1. The molecule has 1 aromatic carbocycles. The Morgan fingerprint density at radius 3 is 2.77 bits per heavy atom. The van der Waals surface area contributed by atoms with Gasteiger partial charge in [0.1, 0.15) is 5.75 Å². The Morgan fingerprint density at radius 2 is 2.10 bits per heavy atom. The van der Waals surface area contributed by atoms with Crippen molar-refractivity contribution in [2.75, 3.05) is 4.90 Å². The third-order valence-corrected chi connectivity index (χ3v) is 5.71. The lowest BCUT2D eigenvalue weighted by Gasteiger charge is -2.36. The van der Waals surface area contributed by atoms with Crippen molar-refractivity contribution in [3.05, 3.63) is 53.4 Å². The lowest BCUT2D eigenvalue weighted by Crippen LogP contribution is -2.40. The van der Waals surface area contributed by atoms with Gasteiger partial charge in [-0.05, 0) is 57.7 Å². The highest BCUT2D eigenvalue weighted by molar-refractivity contribution is 6.11. The summed E-state index contributed by atoms with van der Waals surface area (Å²) in [5.41, 5.74) is 10.5. The zero-order chi connectivity index (χ0) is 21.3. The molecular formula is C24H28N4O2. The van der Waals surface area contributed by atoms with Gasteiger partial charge in [-0.2, -0.15) is 0 Å². The first kappa shape index (κ1) is 20.1. The Hall–Kier alpha value is -3.15. The maximum Gasteiger partial charge on any atom is 0.224 e. The number of rotatable bonds is 5. The number of hydrogen-bond donors (Lipinski definition) is 1. The van der Waals surface area contributed by atoms with Crippen molar-refractivity contribution in [3.8, 4) is 11.6 Å². The Morgan fingerprint density at radius 1 is 1.30 bits per heavy atom. The monoisotopic (exact) mass is 404 g/mol. The van der Waals surface area contributed by atoms with Crippen molar-refractivity contribution in [2.45, 2.75) is 58.5 Å². The first-order valence-corrected chi connectivity index (χ1v) is 10.5. The van der Waals surface area contributed by atoms with Crippen LogP contribution in [0.15, 0.2) is 41.7 Å². The van der Waals surface area contributed by atoms with Crippen LogP contribution < -0.4 is 15.4 Å². The maximum absolute atomic E-state index is 12.4. The van der Waals surface area contributed by atoms with Crippen LogP contribution in [0.25, 0.3) is 5.57 Å². The fraction of sp³-hybridized carbons (Fsp3) is 0.375. The molecule has 0 saturated heterocycles. The molecule has 1 aliphatic carbocycles. The van der Waals surface area contributed by atoms with Crippen LogP contribution in [0.4, 0.5) is 5.69 Å². The number of pyridine rings is 1. The molecule has 1 aliphatic heterocycles. The fourth-order valence-electron chi connectivity index (χ4n) is 3.91. The summed E-state index contributed by atoms with van der Waals surface area (Å²) < 4.78 is 6.40. The smallest absolute Gasteiger partial charge is 0.224 e. The number of nitrogens with zero attached hydrogens (tertiary/aromatic N) is 3. The van der Waals surface area contributed by atoms with Crippen LogP contribution in [0.5, 0.6) is 11.6 Å². The number of carbonyl (C=O) groups is 1. The van der Waals surface area contributed by atoms with Gasteiger partial charge in [0, 0.05) is 53.8 Å². The second-order valence-corrected chi connectivity index (χ2v) is 8.08. The molecule has 2 aromatic rings. The van der Waals surface area contributed by atoms with E-state index in [9.17, 15) is 4.79 Å². The quantitative estimate of drug-likeness (QED) is 0.749. The second kappa shape index (κ2) is 8.30. The van der Waals surface area contributed by atoms with E-state index in [4.69, 9.17) is 10.5 Å². The summed E-state index contributed by atoms with van der Waals surface area (Å²) in [6.07, 6.45) is 9.06. The van der Waals surface area contributed by atoms with E-state index in [1.165, 1.54) is 0 Å². The molecule has 30 heavy (non-hydrogen) atoms. The summed E-state index contributed by atoms with van der Waals surface area (Å²) >= 11 is 0. The molecule has 1 amide bonds. The number of fused-ring (bicyclic) bond motifs is 1. The van der Waals surface area contributed by atoms with Crippen LogP contribution >= 0.6 is 0 Å². The molecule has 2 aliphatic rings. The van der Waals surface area contributed by atoms with Crippen LogP contribution in [0.1, 0.15) is 49.8 Å². The van der Waals surface area contributed by atoms with Crippen LogP contribution in [0.3, 0.4) is 0 Å². The van der Waals surface area contributed by atoms with Gasteiger partial charge in [0.15, 0.2) is 0 Å². The molecule has 2 heterocycles. The van der Waals surface area contributed by atoms with Crippen LogP contribution in [0, 0.1) is 6.92 Å². The van der Waals surface area contributed by atoms with E-state index in [1.807, 2.05) is 42.3 Å². The minimum Gasteiger partial charge on any atom is -0.438 e. The number of aryl methyl sites for hydroxylation is 1. The molecule has 1 fully saturated rings. The Labute approximate surface area is 177 Å². The highest BCUT2D eigenvalue weighted by Crippen LogP contribution is 2.43. The highest BCUT2D eigenvalue weighted by Gasteiger charge is 2.30. The lowest BCUT2D eigenvalue weighted by atomic mass is 9.91. The molecule has 1 saturated carbocycles. The van der Waals surface area contributed by atoms with E-state index in [1.54, 1.807) is 19.3 Å².